The van der Waals surface area contributed by atoms with Crippen LogP contribution >= 0.6 is 0 Å². The minimum Gasteiger partial charge on any atom is -0.309 e. The predicted molar refractivity (Wildman–Crippen MR) is 552 cm³/mol. The summed E-state index contributed by atoms with van der Waals surface area (Å²) in [5.74, 6) is 0.537. The Morgan fingerprint density at radius 2 is 0.379 bits per heavy atom. The van der Waals surface area contributed by atoms with Crippen molar-refractivity contribution in [2.24, 2.45) is 0 Å². The molecule has 8 heteroatoms. The molecule has 27 aromatic rings. The molecule has 7 heterocycles. The second-order valence-electron chi connectivity index (χ2n) is 34.8. The molecule has 0 radical (unpaired) electrons. The highest BCUT2D eigenvalue weighted by Gasteiger charge is 2.26. The van der Waals surface area contributed by atoms with E-state index in [4.69, 9.17) is 9.97 Å². The van der Waals surface area contributed by atoms with E-state index < -0.39 is 0 Å². The minimum atomic E-state index is 0.537. The molecule has 0 N–H and O–H groups in total. The quantitative estimate of drug-likeness (QED) is 0.109. The van der Waals surface area contributed by atoms with Gasteiger partial charge in [0.15, 0.2) is 0 Å². The largest absolute Gasteiger partial charge is 0.309 e. The van der Waals surface area contributed by atoms with Gasteiger partial charge in [0, 0.05) is 104 Å². The van der Waals surface area contributed by atoms with Crippen molar-refractivity contribution in [3.05, 3.63) is 473 Å². The zero-order valence-corrected chi connectivity index (χ0v) is 71.6. The van der Waals surface area contributed by atoms with Crippen LogP contribution < -0.4 is 0 Å². The van der Waals surface area contributed by atoms with Crippen molar-refractivity contribution in [2.45, 2.75) is 0 Å². The topological polar surface area (TPSA) is 55.4 Å². The zero-order chi connectivity index (χ0) is 86.6. The molecule has 0 bridgehead atoms. The number of rotatable bonds is 14. The number of benzene rings is 20. The van der Waals surface area contributed by atoms with E-state index in [0.717, 1.165) is 194 Å². The Bertz CT molecular complexity index is 8950. The standard InChI is InChI=1S/C124H78N8/c1-7-28-79(29-8-1)81-50-59-96(105(69-81)80-30-9-2-10-31-80)111-78-110(125-124(126-111)132-122-76-88(84-57-66-118-108(72-84)99-44-21-25-48-114(99)129(118)93-37-15-5-16-38-93)53-62-103(122)104-63-54-89(77-123(104)132)85-58-67-119-109(73-85)100-45-22-26-49-115(100)130(119)94-39-17-6-18-40-94)90-32-27-41-95(68-90)131-120-74-86(82-55-64-116-106(70-82)97-42-19-23-46-112(97)127(116)91-33-11-3-12-34-91)51-60-101(120)102-61-52-87(75-121(102)131)83-56-65-117-107(71-83)98-43-20-24-47-113(98)128(117)92-35-13-4-14-36-92/h1-78H. The molecule has 0 aliphatic rings. The summed E-state index contributed by atoms with van der Waals surface area (Å²) in [7, 11) is 0. The molecule has 0 fully saturated rings. The summed E-state index contributed by atoms with van der Waals surface area (Å²) in [4.78, 5) is 12.1. The third-order valence-corrected chi connectivity index (χ3v) is 27.4. The van der Waals surface area contributed by atoms with Crippen LogP contribution in [0.4, 0.5) is 0 Å². The first-order valence-corrected chi connectivity index (χ1v) is 45.2. The average Bonchev–Trinajstić information content (AvgIpc) is 1.57. The third-order valence-electron chi connectivity index (χ3n) is 27.4. The average molecular weight is 1680 g/mol. The molecule has 0 aliphatic heterocycles. The van der Waals surface area contributed by atoms with Crippen LogP contribution in [0.15, 0.2) is 473 Å². The molecule has 7 aromatic heterocycles. The van der Waals surface area contributed by atoms with Gasteiger partial charge in [-0.2, -0.15) is 0 Å². The number of hydrogen-bond donors (Lipinski definition) is 0. The zero-order valence-electron chi connectivity index (χ0n) is 71.6. The highest BCUT2D eigenvalue weighted by atomic mass is 15.2. The van der Waals surface area contributed by atoms with Gasteiger partial charge in [0.25, 0.3) is 0 Å². The Balaban J connectivity index is 0.695. The Morgan fingerprint density at radius 1 is 0.121 bits per heavy atom. The van der Waals surface area contributed by atoms with Gasteiger partial charge in [-0.15, -0.1) is 0 Å². The van der Waals surface area contributed by atoms with E-state index in [1.165, 1.54) is 54.1 Å². The summed E-state index contributed by atoms with van der Waals surface area (Å²) in [5, 5.41) is 14.0. The lowest BCUT2D eigenvalue weighted by molar-refractivity contribution is 0.995. The maximum atomic E-state index is 6.08. The molecule has 0 amide bonds. The van der Waals surface area contributed by atoms with Crippen molar-refractivity contribution in [1.29, 1.82) is 0 Å². The van der Waals surface area contributed by atoms with Gasteiger partial charge in [0.2, 0.25) is 5.95 Å². The van der Waals surface area contributed by atoms with E-state index in [2.05, 4.69) is 501 Å². The Kier molecular flexibility index (Phi) is 16.9. The maximum absolute atomic E-state index is 6.08. The van der Waals surface area contributed by atoms with Crippen LogP contribution in [0.2, 0.25) is 0 Å². The fourth-order valence-electron chi connectivity index (χ4n) is 21.3. The first-order valence-electron chi connectivity index (χ1n) is 45.2. The van der Waals surface area contributed by atoms with E-state index in [1.807, 2.05) is 0 Å². The van der Waals surface area contributed by atoms with Crippen molar-refractivity contribution in [1.82, 2.24) is 37.4 Å². The van der Waals surface area contributed by atoms with Gasteiger partial charge < -0.3 is 22.8 Å². The summed E-state index contributed by atoms with van der Waals surface area (Å²) < 4.78 is 14.4. The van der Waals surface area contributed by atoms with Gasteiger partial charge in [0.05, 0.1) is 77.6 Å². The normalized spacial score (nSPS) is 11.9. The lowest BCUT2D eigenvalue weighted by Crippen LogP contribution is -2.05. The van der Waals surface area contributed by atoms with Crippen molar-refractivity contribution < 1.29 is 0 Å². The SMILES string of the molecule is c1ccc(-c2ccc(-c3cc(-c4cccc(-n5c6cc(-c7ccc8c(c7)c7ccccc7n8-c7ccccc7)ccc6c6ccc(-c7ccc8c(c7)c7ccccc7n8-c7ccccc7)cc65)c4)nc(-n4c5cc(-c6ccc7c(c6)c6ccccc6n7-c6ccccc6)ccc5c5ccc(-c6ccc7c(c6)c6ccccc6n7-c6ccccc6)cc54)n3)c(-c3ccccc3)c2)cc1. The second-order valence-corrected chi connectivity index (χ2v) is 34.8. The van der Waals surface area contributed by atoms with Gasteiger partial charge in [-0.25, -0.2) is 9.97 Å². The lowest BCUT2D eigenvalue weighted by Gasteiger charge is -2.16. The van der Waals surface area contributed by atoms with Crippen molar-refractivity contribution in [2.75, 3.05) is 0 Å². The minimum absolute atomic E-state index is 0.537. The van der Waals surface area contributed by atoms with Crippen molar-refractivity contribution in [3.63, 3.8) is 0 Å². The van der Waals surface area contributed by atoms with E-state index in [9.17, 15) is 0 Å². The summed E-state index contributed by atoms with van der Waals surface area (Å²) in [5.41, 5.74) is 35.6. The molecule has 20 aromatic carbocycles. The summed E-state index contributed by atoms with van der Waals surface area (Å²) >= 11 is 0. The maximum Gasteiger partial charge on any atom is 0.235 e. The highest BCUT2D eigenvalue weighted by Crippen LogP contribution is 2.47. The van der Waals surface area contributed by atoms with Crippen molar-refractivity contribution in [3.8, 4) is 124 Å². The molecule has 0 aliphatic carbocycles. The lowest BCUT2D eigenvalue weighted by atomic mass is 9.92. The summed E-state index contributed by atoms with van der Waals surface area (Å²) in [6.45, 7) is 0. The van der Waals surface area contributed by atoms with Crippen LogP contribution in [0, 0.1) is 0 Å². The van der Waals surface area contributed by atoms with Crippen LogP contribution in [-0.4, -0.2) is 37.4 Å². The predicted octanol–water partition coefficient (Wildman–Crippen LogP) is 32.4. The molecule has 0 spiro atoms. The molecule has 8 nitrogen and oxygen atoms in total. The van der Waals surface area contributed by atoms with Crippen molar-refractivity contribution >= 4 is 131 Å². The number of hydrogen-bond acceptors (Lipinski definition) is 2. The van der Waals surface area contributed by atoms with E-state index in [-0.39, 0.29) is 0 Å². The van der Waals surface area contributed by atoms with Gasteiger partial charge in [-0.3, -0.25) is 4.57 Å². The van der Waals surface area contributed by atoms with E-state index in [0.29, 0.717) is 5.95 Å². The van der Waals surface area contributed by atoms with Gasteiger partial charge in [-0.05, 0) is 237 Å². The molecule has 0 unspecified atom stereocenters. The van der Waals surface area contributed by atoms with Crippen LogP contribution in [-0.2, 0) is 0 Å². The monoisotopic (exact) mass is 1680 g/mol. The van der Waals surface area contributed by atoms with Gasteiger partial charge in [-0.1, -0.05) is 303 Å². The molecule has 614 valence electrons. The fraction of sp³-hybridized carbons (Fsp3) is 0. The molecule has 132 heavy (non-hydrogen) atoms. The number of fused-ring (bicyclic) bond motifs is 18. The molecule has 0 saturated heterocycles. The smallest absolute Gasteiger partial charge is 0.235 e. The first kappa shape index (κ1) is 74.5. The molecule has 27 rings (SSSR count). The molecular formula is C124H78N8. The van der Waals surface area contributed by atoms with Crippen LogP contribution in [0.5, 0.6) is 0 Å². The molecule has 0 atom stereocenters. The van der Waals surface area contributed by atoms with E-state index in [1.54, 1.807) is 0 Å². The number of para-hydroxylation sites is 8. The van der Waals surface area contributed by atoms with Gasteiger partial charge in [0.1, 0.15) is 0 Å². The molecule has 0 saturated carbocycles. The second kappa shape index (κ2) is 30.0. The fourth-order valence-corrected chi connectivity index (χ4v) is 21.3. The van der Waals surface area contributed by atoms with Crippen LogP contribution in [0.1, 0.15) is 0 Å². The Labute approximate surface area is 759 Å². The number of nitrogens with zero attached hydrogens (tertiary/aromatic N) is 8. The van der Waals surface area contributed by atoms with Crippen LogP contribution in [0.25, 0.3) is 254 Å². The summed E-state index contributed by atoms with van der Waals surface area (Å²) in [6, 6.07) is 174. The Hall–Kier alpha value is -17.7. The van der Waals surface area contributed by atoms with Crippen LogP contribution in [0.3, 0.4) is 0 Å². The number of aromatic nitrogens is 8. The third kappa shape index (κ3) is 11.9. The molecular weight excluding hydrogens is 1600 g/mol. The van der Waals surface area contributed by atoms with E-state index >= 15 is 0 Å². The summed E-state index contributed by atoms with van der Waals surface area (Å²) in [6.07, 6.45) is 0. The first-order chi connectivity index (χ1) is 65.4. The highest BCUT2D eigenvalue weighted by molar-refractivity contribution is 6.18. The Morgan fingerprint density at radius 3 is 0.750 bits per heavy atom. The van der Waals surface area contributed by atoms with Gasteiger partial charge >= 0.3 is 0 Å².